The van der Waals surface area contributed by atoms with E-state index in [-0.39, 0.29) is 18.9 Å². The summed E-state index contributed by atoms with van der Waals surface area (Å²) in [5.41, 5.74) is 1.16. The number of amides is 1. The molecule has 1 heterocycles. The van der Waals surface area contributed by atoms with Crippen LogP contribution in [0.4, 0.5) is 0 Å². The maximum Gasteiger partial charge on any atom is 0.323 e. The molecule has 6 heteroatoms. The summed E-state index contributed by atoms with van der Waals surface area (Å²) in [5, 5.41) is 13.5. The van der Waals surface area contributed by atoms with Gasteiger partial charge in [-0.2, -0.15) is 0 Å². The van der Waals surface area contributed by atoms with Crippen molar-refractivity contribution in [1.82, 2.24) is 10.1 Å². The van der Waals surface area contributed by atoms with Crippen LogP contribution in [0, 0.1) is 0 Å². The predicted octanol–water partition coefficient (Wildman–Crippen LogP) is 1.69. The van der Waals surface area contributed by atoms with E-state index in [0.717, 1.165) is 5.39 Å². The molecule has 0 fully saturated rings. The molecule has 1 N–H and O–H groups in total. The quantitative estimate of drug-likeness (QED) is 0.868. The van der Waals surface area contributed by atoms with Crippen molar-refractivity contribution in [2.75, 3.05) is 13.1 Å². The number of carbonyl (C=O) groups excluding carboxylic acids is 1. The number of nitrogens with zero attached hydrogens (tertiary/aromatic N) is 2. The largest absolute Gasteiger partial charge is 0.480 e. The van der Waals surface area contributed by atoms with Crippen LogP contribution >= 0.6 is 0 Å². The number of carboxylic acids is 1. The molecule has 0 aliphatic carbocycles. The summed E-state index contributed by atoms with van der Waals surface area (Å²) in [6, 6.07) is 7.27. The van der Waals surface area contributed by atoms with Crippen LogP contribution in [0.1, 0.15) is 19.0 Å². The number of fused-ring (bicyclic) bond motifs is 1. The molecular weight excluding hydrogens is 260 g/mol. The molecule has 106 valence electrons. The highest BCUT2D eigenvalue weighted by atomic mass is 16.5. The molecule has 0 aliphatic rings. The van der Waals surface area contributed by atoms with Crippen molar-refractivity contribution >= 4 is 22.8 Å². The van der Waals surface area contributed by atoms with E-state index >= 15 is 0 Å². The van der Waals surface area contributed by atoms with Gasteiger partial charge in [-0.25, -0.2) is 0 Å². The van der Waals surface area contributed by atoms with Crippen LogP contribution < -0.4 is 0 Å². The lowest BCUT2D eigenvalue weighted by molar-refractivity contribution is -0.144. The summed E-state index contributed by atoms with van der Waals surface area (Å²) in [6.07, 6.45) is 0.753. The van der Waals surface area contributed by atoms with Crippen molar-refractivity contribution in [2.24, 2.45) is 0 Å². The lowest BCUT2D eigenvalue weighted by atomic mass is 10.1. The van der Waals surface area contributed by atoms with Gasteiger partial charge in [0.25, 0.3) is 0 Å². The van der Waals surface area contributed by atoms with Gasteiger partial charge in [-0.05, 0) is 18.6 Å². The topological polar surface area (TPSA) is 83.6 Å². The third-order valence-corrected chi connectivity index (χ3v) is 2.94. The first-order chi connectivity index (χ1) is 9.61. The number of hydrogen-bond acceptors (Lipinski definition) is 4. The highest BCUT2D eigenvalue weighted by Gasteiger charge is 2.19. The van der Waals surface area contributed by atoms with Gasteiger partial charge in [-0.15, -0.1) is 0 Å². The van der Waals surface area contributed by atoms with Gasteiger partial charge in [-0.1, -0.05) is 24.2 Å². The molecule has 1 aromatic carbocycles. The predicted molar refractivity (Wildman–Crippen MR) is 72.2 cm³/mol. The minimum absolute atomic E-state index is 0.0459. The number of carboxylic acid groups (broad SMARTS) is 1. The van der Waals surface area contributed by atoms with E-state index in [1.807, 2.05) is 25.1 Å². The first-order valence-corrected chi connectivity index (χ1v) is 6.44. The monoisotopic (exact) mass is 276 g/mol. The van der Waals surface area contributed by atoms with Crippen molar-refractivity contribution in [3.63, 3.8) is 0 Å². The third-order valence-electron chi connectivity index (χ3n) is 2.94. The molecule has 0 atom stereocenters. The lowest BCUT2D eigenvalue weighted by Gasteiger charge is -2.19. The highest BCUT2D eigenvalue weighted by molar-refractivity contribution is 5.87. The zero-order valence-electron chi connectivity index (χ0n) is 11.2. The molecule has 0 radical (unpaired) electrons. The fraction of sp³-hybridized carbons (Fsp3) is 0.357. The van der Waals surface area contributed by atoms with Gasteiger partial charge in [0.2, 0.25) is 5.91 Å². The van der Waals surface area contributed by atoms with Crippen LogP contribution in [0.2, 0.25) is 0 Å². The molecule has 0 spiro atoms. The summed E-state index contributed by atoms with van der Waals surface area (Å²) in [6.45, 7) is 2.02. The molecule has 1 aromatic heterocycles. The Morgan fingerprint density at radius 3 is 2.80 bits per heavy atom. The van der Waals surface area contributed by atoms with Crippen LogP contribution in [0.25, 0.3) is 11.0 Å². The fourth-order valence-electron chi connectivity index (χ4n) is 2.05. The molecular formula is C14H16N2O4. The molecule has 0 unspecified atom stereocenters. The molecule has 0 bridgehead atoms. The Morgan fingerprint density at radius 2 is 2.10 bits per heavy atom. The van der Waals surface area contributed by atoms with E-state index < -0.39 is 5.97 Å². The molecule has 1 amide bonds. The zero-order valence-corrected chi connectivity index (χ0v) is 11.2. The molecule has 20 heavy (non-hydrogen) atoms. The fourth-order valence-corrected chi connectivity index (χ4v) is 2.05. The molecule has 0 saturated heterocycles. The third kappa shape index (κ3) is 3.14. The second kappa shape index (κ2) is 6.18. The van der Waals surface area contributed by atoms with Crippen molar-refractivity contribution in [1.29, 1.82) is 0 Å². The molecule has 6 nitrogen and oxygen atoms in total. The molecule has 0 saturated carbocycles. The average Bonchev–Trinajstić information content (AvgIpc) is 2.81. The number of para-hydroxylation sites is 1. The van der Waals surface area contributed by atoms with Crippen molar-refractivity contribution in [2.45, 2.75) is 19.8 Å². The zero-order chi connectivity index (χ0) is 14.5. The normalized spacial score (nSPS) is 10.7. The van der Waals surface area contributed by atoms with E-state index in [1.54, 1.807) is 6.07 Å². The van der Waals surface area contributed by atoms with Crippen LogP contribution in [-0.4, -0.2) is 40.1 Å². The van der Waals surface area contributed by atoms with Crippen molar-refractivity contribution in [3.8, 4) is 0 Å². The van der Waals surface area contributed by atoms with Gasteiger partial charge >= 0.3 is 5.97 Å². The van der Waals surface area contributed by atoms with Gasteiger partial charge in [0.05, 0.1) is 6.42 Å². The van der Waals surface area contributed by atoms with Crippen LogP contribution in [0.3, 0.4) is 0 Å². The molecule has 2 rings (SSSR count). The van der Waals surface area contributed by atoms with E-state index in [2.05, 4.69) is 5.16 Å². The Hall–Kier alpha value is -2.37. The van der Waals surface area contributed by atoms with Gasteiger partial charge in [0.1, 0.15) is 12.2 Å². The molecule has 0 aliphatic heterocycles. The number of aromatic nitrogens is 1. The number of benzene rings is 1. The summed E-state index contributed by atoms with van der Waals surface area (Å²) < 4.78 is 5.13. The Balaban J connectivity index is 2.14. The summed E-state index contributed by atoms with van der Waals surface area (Å²) in [7, 11) is 0. The second-order valence-electron chi connectivity index (χ2n) is 4.51. The van der Waals surface area contributed by atoms with Gasteiger partial charge in [-0.3, -0.25) is 9.59 Å². The van der Waals surface area contributed by atoms with E-state index in [1.165, 1.54) is 4.90 Å². The average molecular weight is 276 g/mol. The first-order valence-electron chi connectivity index (χ1n) is 6.44. The lowest BCUT2D eigenvalue weighted by Crippen LogP contribution is -2.37. The van der Waals surface area contributed by atoms with Crippen molar-refractivity contribution in [3.05, 3.63) is 30.0 Å². The summed E-state index contributed by atoms with van der Waals surface area (Å²) >= 11 is 0. The Labute approximate surface area is 116 Å². The van der Waals surface area contributed by atoms with E-state index in [9.17, 15) is 9.59 Å². The second-order valence-corrected chi connectivity index (χ2v) is 4.51. The van der Waals surface area contributed by atoms with E-state index in [4.69, 9.17) is 9.63 Å². The van der Waals surface area contributed by atoms with E-state index in [0.29, 0.717) is 24.2 Å². The van der Waals surface area contributed by atoms with Gasteiger partial charge < -0.3 is 14.5 Å². The van der Waals surface area contributed by atoms with Gasteiger partial charge in [0.15, 0.2) is 5.58 Å². The van der Waals surface area contributed by atoms with Gasteiger partial charge in [0, 0.05) is 11.9 Å². The standard InChI is InChI=1S/C14H16N2O4/c1-2-7-16(9-14(18)19)13(17)8-11-10-5-3-4-6-12(10)20-15-11/h3-6H,2,7-9H2,1H3,(H,18,19). The Kier molecular flexibility index (Phi) is 4.34. The van der Waals surface area contributed by atoms with Crippen LogP contribution in [0.15, 0.2) is 28.8 Å². The summed E-state index contributed by atoms with van der Waals surface area (Å²) in [5.74, 6) is -1.27. The minimum atomic E-state index is -1.02. The smallest absolute Gasteiger partial charge is 0.323 e. The maximum absolute atomic E-state index is 12.2. The summed E-state index contributed by atoms with van der Waals surface area (Å²) in [4.78, 5) is 24.3. The first kappa shape index (κ1) is 14.0. The Bertz CT molecular complexity index is 620. The van der Waals surface area contributed by atoms with Crippen molar-refractivity contribution < 1.29 is 19.2 Å². The number of aliphatic carboxylic acids is 1. The number of rotatable bonds is 6. The van der Waals surface area contributed by atoms with Crippen LogP contribution in [-0.2, 0) is 16.0 Å². The molecule has 2 aromatic rings. The van der Waals surface area contributed by atoms with Crippen LogP contribution in [0.5, 0.6) is 0 Å². The Morgan fingerprint density at radius 1 is 1.35 bits per heavy atom. The number of hydrogen-bond donors (Lipinski definition) is 1. The minimum Gasteiger partial charge on any atom is -0.480 e. The number of carbonyl (C=O) groups is 2. The SMILES string of the molecule is CCCN(CC(=O)O)C(=O)Cc1noc2ccccc12. The maximum atomic E-state index is 12.2. The highest BCUT2D eigenvalue weighted by Crippen LogP contribution is 2.18.